The molecule has 29 heavy (non-hydrogen) atoms. The van der Waals surface area contributed by atoms with Gasteiger partial charge < -0.3 is 14.7 Å². The molecule has 4 heteroatoms. The quantitative estimate of drug-likeness (QED) is 0.553. The van der Waals surface area contributed by atoms with Crippen LogP contribution in [-0.4, -0.2) is 22.8 Å². The standard InChI is InChI=1S/C25H33N3O/c1-3-4-10-18-11-7-5-6-8-12-21-20(18)15-19(27-21)16-24-25(29-2)17-23(28-24)22-13-9-14-26-22/h9,13-18,26,28H,3-8,10-12H2,1-2H3/t18-/m0/s1. The second-order valence-electron chi connectivity index (χ2n) is 8.27. The van der Waals surface area contributed by atoms with Gasteiger partial charge in [-0.3, -0.25) is 4.99 Å². The maximum absolute atomic E-state index is 5.62. The Morgan fingerprint density at radius 3 is 2.90 bits per heavy atom. The molecule has 0 spiro atoms. The third kappa shape index (κ3) is 4.58. The van der Waals surface area contributed by atoms with Gasteiger partial charge in [-0.15, -0.1) is 0 Å². The molecule has 0 radical (unpaired) electrons. The summed E-state index contributed by atoms with van der Waals surface area (Å²) in [5.74, 6) is 1.52. The van der Waals surface area contributed by atoms with Crippen molar-refractivity contribution in [1.29, 1.82) is 0 Å². The number of aromatic amines is 2. The number of nitrogens with zero attached hydrogens (tertiary/aromatic N) is 1. The molecule has 0 aromatic carbocycles. The van der Waals surface area contributed by atoms with Crippen LogP contribution in [0.4, 0.5) is 0 Å². The Morgan fingerprint density at radius 1 is 1.21 bits per heavy atom. The molecule has 154 valence electrons. The van der Waals surface area contributed by atoms with Crippen LogP contribution in [0.25, 0.3) is 17.5 Å². The summed E-state index contributed by atoms with van der Waals surface area (Å²) < 4.78 is 5.62. The van der Waals surface area contributed by atoms with Gasteiger partial charge in [0.2, 0.25) is 0 Å². The highest BCUT2D eigenvalue weighted by Gasteiger charge is 2.24. The molecule has 4 nitrogen and oxygen atoms in total. The minimum absolute atomic E-state index is 0.665. The number of H-pyrrole nitrogens is 2. The van der Waals surface area contributed by atoms with E-state index in [-0.39, 0.29) is 0 Å². The van der Waals surface area contributed by atoms with Crippen molar-refractivity contribution in [3.05, 3.63) is 47.4 Å². The molecule has 2 aromatic heterocycles. The molecular formula is C25H33N3O. The van der Waals surface area contributed by atoms with E-state index < -0.39 is 0 Å². The van der Waals surface area contributed by atoms with Gasteiger partial charge in [-0.05, 0) is 61.5 Å². The van der Waals surface area contributed by atoms with E-state index in [0.717, 1.165) is 34.9 Å². The number of aromatic nitrogens is 2. The summed E-state index contributed by atoms with van der Waals surface area (Å²) in [6.45, 7) is 2.29. The van der Waals surface area contributed by atoms with E-state index in [9.17, 15) is 0 Å². The van der Waals surface area contributed by atoms with E-state index >= 15 is 0 Å². The van der Waals surface area contributed by atoms with Gasteiger partial charge in [0.15, 0.2) is 0 Å². The molecule has 1 fully saturated rings. The highest BCUT2D eigenvalue weighted by atomic mass is 16.5. The average molecular weight is 392 g/mol. The number of methoxy groups -OCH3 is 1. The van der Waals surface area contributed by atoms with Gasteiger partial charge in [-0.1, -0.05) is 39.0 Å². The first kappa shape index (κ1) is 19.8. The summed E-state index contributed by atoms with van der Waals surface area (Å²) in [5.41, 5.74) is 6.94. The highest BCUT2D eigenvalue weighted by Crippen LogP contribution is 2.35. The zero-order chi connectivity index (χ0) is 20.1. The van der Waals surface area contributed by atoms with Gasteiger partial charge in [0.25, 0.3) is 0 Å². The monoisotopic (exact) mass is 391 g/mol. The molecular weight excluding hydrogens is 358 g/mol. The lowest BCUT2D eigenvalue weighted by Crippen LogP contribution is -2.11. The van der Waals surface area contributed by atoms with Crippen LogP contribution in [0.3, 0.4) is 0 Å². The average Bonchev–Trinajstić information content (AvgIpc) is 3.46. The number of hydrogen-bond donors (Lipinski definition) is 2. The molecule has 2 aromatic rings. The Labute approximate surface area is 174 Å². The summed E-state index contributed by atoms with van der Waals surface area (Å²) in [5, 5.41) is 0. The van der Waals surface area contributed by atoms with E-state index in [1.54, 1.807) is 7.11 Å². The van der Waals surface area contributed by atoms with Gasteiger partial charge in [0.05, 0.1) is 29.9 Å². The molecule has 0 saturated heterocycles. The SMILES string of the molecule is CCCC[C@H]1CCCCCCC2=NC(=Cc3[nH]c(-c4ccc[nH]4)cc3OC)C=C21. The fourth-order valence-corrected chi connectivity index (χ4v) is 4.58. The lowest BCUT2D eigenvalue weighted by molar-refractivity contribution is 0.414. The van der Waals surface area contributed by atoms with E-state index in [1.807, 2.05) is 18.3 Å². The number of aliphatic imine (C=N–C) groups is 1. The van der Waals surface area contributed by atoms with Crippen molar-refractivity contribution in [2.24, 2.45) is 10.9 Å². The largest absolute Gasteiger partial charge is 0.494 e. The van der Waals surface area contributed by atoms with Crippen LogP contribution in [0, 0.1) is 5.92 Å². The lowest BCUT2D eigenvalue weighted by Gasteiger charge is -2.18. The zero-order valence-corrected chi connectivity index (χ0v) is 17.8. The van der Waals surface area contributed by atoms with Crippen LogP contribution in [0.15, 0.2) is 46.7 Å². The van der Waals surface area contributed by atoms with Crippen LogP contribution >= 0.6 is 0 Å². The minimum atomic E-state index is 0.665. The molecule has 2 aliphatic rings. The van der Waals surface area contributed by atoms with Crippen molar-refractivity contribution in [2.45, 2.75) is 64.7 Å². The topological polar surface area (TPSA) is 53.2 Å². The van der Waals surface area contributed by atoms with E-state index in [1.165, 1.54) is 62.7 Å². The Balaban J connectivity index is 1.65. The van der Waals surface area contributed by atoms with Crippen molar-refractivity contribution in [1.82, 2.24) is 9.97 Å². The molecule has 1 atom stereocenters. The van der Waals surface area contributed by atoms with E-state index in [2.05, 4.69) is 35.1 Å². The van der Waals surface area contributed by atoms with Crippen molar-refractivity contribution in [2.75, 3.05) is 7.11 Å². The Kier molecular flexibility index (Phi) is 6.38. The summed E-state index contributed by atoms with van der Waals surface area (Å²) >= 11 is 0. The first-order chi connectivity index (χ1) is 14.3. The van der Waals surface area contributed by atoms with Crippen LogP contribution in [0.5, 0.6) is 5.75 Å². The summed E-state index contributed by atoms with van der Waals surface area (Å²) in [6.07, 6.45) is 18.0. The molecule has 3 heterocycles. The normalized spacial score (nSPS) is 21.2. The van der Waals surface area contributed by atoms with Crippen molar-refractivity contribution in [3.63, 3.8) is 0 Å². The molecule has 1 aliphatic carbocycles. The zero-order valence-electron chi connectivity index (χ0n) is 17.8. The van der Waals surface area contributed by atoms with Crippen LogP contribution in [0.2, 0.25) is 0 Å². The summed E-state index contributed by atoms with van der Waals surface area (Å²) in [7, 11) is 1.72. The first-order valence-electron chi connectivity index (χ1n) is 11.2. The molecule has 0 bridgehead atoms. The summed E-state index contributed by atoms with van der Waals surface area (Å²) in [6, 6.07) is 6.11. The number of unbranched alkanes of at least 4 members (excludes halogenated alkanes) is 1. The second kappa shape index (κ2) is 9.34. The number of nitrogens with one attached hydrogen (secondary N) is 2. The smallest absolute Gasteiger partial charge is 0.144 e. The number of rotatable bonds is 6. The van der Waals surface area contributed by atoms with Gasteiger partial charge >= 0.3 is 0 Å². The molecule has 2 N–H and O–H groups in total. The predicted molar refractivity (Wildman–Crippen MR) is 121 cm³/mol. The number of allylic oxidation sites excluding steroid dienone is 2. The molecule has 4 rings (SSSR count). The first-order valence-corrected chi connectivity index (χ1v) is 11.2. The summed E-state index contributed by atoms with van der Waals surface area (Å²) in [4.78, 5) is 11.8. The second-order valence-corrected chi connectivity index (χ2v) is 8.27. The third-order valence-electron chi connectivity index (χ3n) is 6.17. The minimum Gasteiger partial charge on any atom is -0.494 e. The predicted octanol–water partition coefficient (Wildman–Crippen LogP) is 6.90. The van der Waals surface area contributed by atoms with E-state index in [0.29, 0.717) is 5.92 Å². The van der Waals surface area contributed by atoms with Crippen LogP contribution in [0.1, 0.15) is 70.4 Å². The third-order valence-corrected chi connectivity index (χ3v) is 6.17. The maximum atomic E-state index is 5.62. The number of ether oxygens (including phenoxy) is 1. The van der Waals surface area contributed by atoms with E-state index in [4.69, 9.17) is 9.73 Å². The van der Waals surface area contributed by atoms with Gasteiger partial charge in [0, 0.05) is 18.0 Å². The van der Waals surface area contributed by atoms with Crippen LogP contribution < -0.4 is 4.74 Å². The fraction of sp³-hybridized carbons (Fsp3) is 0.480. The van der Waals surface area contributed by atoms with Crippen LogP contribution in [-0.2, 0) is 0 Å². The van der Waals surface area contributed by atoms with Gasteiger partial charge in [-0.2, -0.15) is 0 Å². The molecule has 1 saturated carbocycles. The highest BCUT2D eigenvalue weighted by molar-refractivity contribution is 6.04. The molecule has 0 unspecified atom stereocenters. The lowest BCUT2D eigenvalue weighted by atomic mass is 9.86. The Bertz CT molecular complexity index is 899. The Morgan fingerprint density at radius 2 is 2.10 bits per heavy atom. The van der Waals surface area contributed by atoms with Crippen molar-refractivity contribution < 1.29 is 4.74 Å². The van der Waals surface area contributed by atoms with Gasteiger partial charge in [-0.25, -0.2) is 0 Å². The maximum Gasteiger partial charge on any atom is 0.144 e. The molecule has 1 aliphatic heterocycles. The Hall–Kier alpha value is -2.49. The van der Waals surface area contributed by atoms with Crippen molar-refractivity contribution in [3.8, 4) is 17.1 Å². The number of hydrogen-bond acceptors (Lipinski definition) is 2. The number of fused-ring (bicyclic) bond motifs is 1. The fourth-order valence-electron chi connectivity index (χ4n) is 4.58. The molecule has 0 amide bonds. The van der Waals surface area contributed by atoms with Gasteiger partial charge in [0.1, 0.15) is 5.75 Å². The van der Waals surface area contributed by atoms with Crippen molar-refractivity contribution >= 4 is 11.8 Å².